The van der Waals surface area contributed by atoms with Crippen LogP contribution < -0.4 is 11.1 Å². The zero-order chi connectivity index (χ0) is 45.2. The first-order valence-corrected chi connectivity index (χ1v) is 24.6. The van der Waals surface area contributed by atoms with Crippen LogP contribution in [0.1, 0.15) is 200 Å². The van der Waals surface area contributed by atoms with E-state index in [0.717, 1.165) is 11.2 Å². The average molecular weight is 835 g/mol. The number of carbonyl (C=O) groups excluding carboxylic acids is 1. The summed E-state index contributed by atoms with van der Waals surface area (Å²) < 4.78 is 0. The molecule has 7 heteroatoms. The highest BCUT2D eigenvalue weighted by Gasteiger charge is 2.35. The molecule has 0 radical (unpaired) electrons. The van der Waals surface area contributed by atoms with Crippen molar-refractivity contribution in [1.29, 1.82) is 0 Å². The molecule has 0 amide bonds. The Kier molecular flexibility index (Phi) is 38.3. The number of nitrogens with zero attached hydrogens (tertiary/aromatic N) is 1. The molecule has 0 saturated carbocycles. The van der Waals surface area contributed by atoms with Crippen molar-refractivity contribution < 1.29 is 4.79 Å². The maximum atomic E-state index is 11.1. The van der Waals surface area contributed by atoms with Crippen molar-refractivity contribution in [3.63, 3.8) is 0 Å². The van der Waals surface area contributed by atoms with Crippen molar-refractivity contribution in [1.82, 2.24) is 5.32 Å². The standard InChI is InChI=1S/C14H29NS.C14H27NS.C10H18O.C4H11NS.3C2H6/c2*1-9(2)12-8-13(14(5,6)7)16-11(4)10(3)15-12;1-8(2)9(11)6-7-10(3,4)5;1-3(5)4(2)6;3*1-2/h9-13,15H,8H2,1-7H3;9-11,13H,8H2,1-7H3;6-8H,1-5H3;3-4,6H,5H2,1-2H3;3*1-2H3/b;;7-6+;;;;/t10?,11?,12-,13-;10?,11?,13-;;;;;/m11...../s1. The van der Waals surface area contributed by atoms with Crippen LogP contribution >= 0.6 is 36.2 Å². The van der Waals surface area contributed by atoms with Gasteiger partial charge in [0.15, 0.2) is 5.78 Å². The van der Waals surface area contributed by atoms with E-state index in [-0.39, 0.29) is 23.2 Å². The average Bonchev–Trinajstić information content (AvgIpc) is 3.33. The number of carbonyl (C=O) groups is 1. The van der Waals surface area contributed by atoms with Gasteiger partial charge in [0.2, 0.25) is 0 Å². The van der Waals surface area contributed by atoms with Crippen LogP contribution in [0, 0.1) is 34.0 Å². The van der Waals surface area contributed by atoms with Crippen molar-refractivity contribution in [2.45, 2.75) is 250 Å². The first-order valence-electron chi connectivity index (χ1n) is 22.2. The van der Waals surface area contributed by atoms with E-state index in [1.54, 1.807) is 6.08 Å². The SMILES string of the molecule is CC.CC.CC.CC(C)C(=O)/C=C/C(C)(C)C.CC(C)C1=NC(C)C(C)S[C@@H](C(C)(C)C)C1.CC(N)C(C)S.CC1N[C@@H](C(C)C)C[C@H](C(C)(C)C)SC1C. The van der Waals surface area contributed by atoms with E-state index in [4.69, 9.17) is 10.7 Å². The molecule has 0 aliphatic carbocycles. The van der Waals surface area contributed by atoms with Gasteiger partial charge >= 0.3 is 0 Å². The molecule has 2 rings (SSSR count). The topological polar surface area (TPSA) is 67.5 Å². The fourth-order valence-electron chi connectivity index (χ4n) is 4.68. The molecule has 9 atom stereocenters. The van der Waals surface area contributed by atoms with E-state index in [1.165, 1.54) is 18.6 Å². The molecular weight excluding hydrogens is 731 g/mol. The molecule has 3 N–H and O–H groups in total. The van der Waals surface area contributed by atoms with Crippen LogP contribution in [-0.2, 0) is 4.79 Å². The Morgan fingerprint density at radius 2 is 1.16 bits per heavy atom. The predicted molar refractivity (Wildman–Crippen MR) is 267 cm³/mol. The first kappa shape index (κ1) is 64.2. The lowest BCUT2D eigenvalue weighted by Crippen LogP contribution is -2.42. The van der Waals surface area contributed by atoms with Gasteiger partial charge in [0.25, 0.3) is 0 Å². The molecule has 2 aliphatic heterocycles. The van der Waals surface area contributed by atoms with Gasteiger partial charge in [-0.2, -0.15) is 36.2 Å². The van der Waals surface area contributed by atoms with Crippen LogP contribution in [-0.4, -0.2) is 61.9 Å². The highest BCUT2D eigenvalue weighted by Crippen LogP contribution is 2.41. The lowest BCUT2D eigenvalue weighted by atomic mass is 9.85. The van der Waals surface area contributed by atoms with Crippen molar-refractivity contribution in [3.05, 3.63) is 12.2 Å². The molecule has 0 bridgehead atoms. The van der Waals surface area contributed by atoms with Crippen molar-refractivity contribution >= 4 is 47.6 Å². The van der Waals surface area contributed by atoms with Crippen LogP contribution in [0.3, 0.4) is 0 Å². The molecule has 4 nitrogen and oxygen atoms in total. The first-order chi connectivity index (χ1) is 24.9. The molecule has 334 valence electrons. The van der Waals surface area contributed by atoms with E-state index in [2.05, 4.69) is 159 Å². The fraction of sp³-hybridized carbons (Fsp3) is 0.917. The van der Waals surface area contributed by atoms with Gasteiger partial charge in [0.1, 0.15) is 0 Å². The number of hydrogen-bond donors (Lipinski definition) is 3. The summed E-state index contributed by atoms with van der Waals surface area (Å²) in [5, 5.41) is 6.96. The van der Waals surface area contributed by atoms with Crippen LogP contribution in [0.4, 0.5) is 0 Å². The summed E-state index contributed by atoms with van der Waals surface area (Å²) >= 11 is 8.38. The quantitative estimate of drug-likeness (QED) is 0.190. The Hall–Kier alpha value is 0.0500. The summed E-state index contributed by atoms with van der Waals surface area (Å²) in [4.78, 5) is 16.0. The third-order valence-corrected chi connectivity index (χ3v) is 13.9. The number of hydrogen-bond acceptors (Lipinski definition) is 7. The van der Waals surface area contributed by atoms with Gasteiger partial charge < -0.3 is 11.1 Å². The summed E-state index contributed by atoms with van der Waals surface area (Å²) in [6.45, 7) is 58.7. The third kappa shape index (κ3) is 33.6. The second kappa shape index (κ2) is 32.8. The Bertz CT molecular complexity index is 962. The number of nitrogens with one attached hydrogen (secondary N) is 1. The maximum Gasteiger partial charge on any atom is 0.157 e. The zero-order valence-corrected chi connectivity index (χ0v) is 44.7. The molecule has 2 heterocycles. The van der Waals surface area contributed by atoms with E-state index in [0.29, 0.717) is 55.9 Å². The number of thioether (sulfide) groups is 2. The highest BCUT2D eigenvalue weighted by molar-refractivity contribution is 8.00. The van der Waals surface area contributed by atoms with Gasteiger partial charge in [-0.15, -0.1) is 0 Å². The molecule has 6 unspecified atom stereocenters. The Morgan fingerprint density at radius 3 is 1.47 bits per heavy atom. The maximum absolute atomic E-state index is 11.1. The number of rotatable bonds is 5. The van der Waals surface area contributed by atoms with Gasteiger partial charge in [-0.25, -0.2) is 0 Å². The van der Waals surface area contributed by atoms with Gasteiger partial charge in [-0.05, 0) is 67.8 Å². The highest BCUT2D eigenvalue weighted by atomic mass is 32.2. The third-order valence-electron chi connectivity index (χ3n) is 9.33. The minimum atomic E-state index is 0.116. The molecule has 2 aliphatic rings. The van der Waals surface area contributed by atoms with Crippen LogP contribution in [0.15, 0.2) is 17.1 Å². The molecule has 0 spiro atoms. The fourth-order valence-corrected chi connectivity index (χ4v) is 7.72. The Labute approximate surface area is 363 Å². The number of ketones is 1. The number of aliphatic imine (C=N–C) groups is 1. The van der Waals surface area contributed by atoms with Gasteiger partial charge in [0, 0.05) is 56.0 Å². The van der Waals surface area contributed by atoms with Gasteiger partial charge in [0.05, 0.1) is 6.04 Å². The molecule has 0 aromatic rings. The van der Waals surface area contributed by atoms with Crippen LogP contribution in [0.25, 0.3) is 0 Å². The Balaban J connectivity index is -0.000000201. The summed E-state index contributed by atoms with van der Waals surface area (Å²) in [5.41, 5.74) is 7.68. The summed E-state index contributed by atoms with van der Waals surface area (Å²) in [5.74, 6) is 1.66. The van der Waals surface area contributed by atoms with E-state index < -0.39 is 0 Å². The number of allylic oxidation sites excluding steroid dienone is 2. The molecule has 1 fully saturated rings. The van der Waals surface area contributed by atoms with Crippen molar-refractivity contribution in [3.8, 4) is 0 Å². The van der Waals surface area contributed by atoms with Crippen molar-refractivity contribution in [2.24, 2.45) is 44.7 Å². The van der Waals surface area contributed by atoms with Crippen LogP contribution in [0.5, 0.6) is 0 Å². The number of thiol groups is 1. The normalized spacial score (nSPS) is 25.5. The second-order valence-electron chi connectivity index (χ2n) is 19.0. The van der Waals surface area contributed by atoms with Gasteiger partial charge in [-0.3, -0.25) is 9.79 Å². The zero-order valence-electron chi connectivity index (χ0n) is 42.2. The summed E-state index contributed by atoms with van der Waals surface area (Å²) in [6, 6.07) is 1.99. The molecule has 0 aromatic heterocycles. The van der Waals surface area contributed by atoms with E-state index in [9.17, 15) is 4.79 Å². The molecule has 1 saturated heterocycles. The van der Waals surface area contributed by atoms with Crippen LogP contribution in [0.2, 0.25) is 0 Å². The number of nitrogens with two attached hydrogens (primary N) is 1. The van der Waals surface area contributed by atoms with Gasteiger partial charge in [-0.1, -0.05) is 172 Å². The summed E-state index contributed by atoms with van der Waals surface area (Å²) in [6.07, 6.45) is 6.11. The minimum absolute atomic E-state index is 0.116. The lowest BCUT2D eigenvalue weighted by molar-refractivity contribution is -0.117. The smallest absolute Gasteiger partial charge is 0.157 e. The monoisotopic (exact) mass is 834 g/mol. The van der Waals surface area contributed by atoms with E-state index >= 15 is 0 Å². The predicted octanol–water partition coefficient (Wildman–Crippen LogP) is 14.9. The van der Waals surface area contributed by atoms with E-state index in [1.807, 2.05) is 75.3 Å². The minimum Gasteiger partial charge on any atom is -0.327 e. The molecule has 55 heavy (non-hydrogen) atoms. The second-order valence-corrected chi connectivity index (χ2v) is 23.0. The van der Waals surface area contributed by atoms with Crippen molar-refractivity contribution in [2.75, 3.05) is 0 Å². The Morgan fingerprint density at radius 1 is 0.764 bits per heavy atom. The largest absolute Gasteiger partial charge is 0.327 e. The lowest BCUT2D eigenvalue weighted by Gasteiger charge is -2.32. The summed E-state index contributed by atoms with van der Waals surface area (Å²) in [7, 11) is 0. The molecule has 0 aromatic carbocycles. The molecular formula is C48H103N3OS3.